The van der Waals surface area contributed by atoms with E-state index in [0.29, 0.717) is 28.8 Å². The van der Waals surface area contributed by atoms with Crippen LogP contribution in [-0.4, -0.2) is 39.1 Å². The Morgan fingerprint density at radius 1 is 1.22 bits per heavy atom. The number of carbonyl (C=O) groups is 1. The van der Waals surface area contributed by atoms with Crippen molar-refractivity contribution < 1.29 is 13.9 Å². The third-order valence-electron chi connectivity index (χ3n) is 6.05. The first-order valence-electron chi connectivity index (χ1n) is 11.2. The van der Waals surface area contributed by atoms with Crippen molar-refractivity contribution in [1.29, 1.82) is 0 Å². The number of esters is 1. The summed E-state index contributed by atoms with van der Waals surface area (Å²) in [6, 6.07) is 4.84. The molecule has 2 N–H and O–H groups in total. The Morgan fingerprint density at radius 2 is 2.00 bits per heavy atom. The second-order valence-corrected chi connectivity index (χ2v) is 8.42. The van der Waals surface area contributed by atoms with E-state index in [4.69, 9.17) is 10.5 Å². The van der Waals surface area contributed by atoms with Gasteiger partial charge in [0.15, 0.2) is 5.65 Å². The normalized spacial score (nSPS) is 13.5. The molecule has 0 aliphatic heterocycles. The molecule has 7 nitrogen and oxygen atoms in total. The van der Waals surface area contributed by atoms with E-state index in [1.807, 2.05) is 18.4 Å². The van der Waals surface area contributed by atoms with Crippen LogP contribution in [0.25, 0.3) is 22.4 Å². The van der Waals surface area contributed by atoms with E-state index in [1.165, 1.54) is 19.5 Å². The number of carbonyl (C=O) groups excluding carboxylic acids is 1. The van der Waals surface area contributed by atoms with Gasteiger partial charge in [0, 0.05) is 23.7 Å². The number of methoxy groups -OCH3 is 1. The minimum absolute atomic E-state index is 0.0483. The fourth-order valence-corrected chi connectivity index (χ4v) is 4.17. The van der Waals surface area contributed by atoms with Crippen LogP contribution in [0.5, 0.6) is 0 Å². The Bertz CT molecular complexity index is 1080. The van der Waals surface area contributed by atoms with E-state index in [9.17, 15) is 4.79 Å². The molecule has 2 heterocycles. The lowest BCUT2D eigenvalue weighted by Crippen LogP contribution is -2.44. The van der Waals surface area contributed by atoms with Crippen LogP contribution in [0, 0.1) is 5.82 Å². The topological polar surface area (TPSA) is 95.9 Å². The zero-order chi connectivity index (χ0) is 23.3. The molecule has 0 bridgehead atoms. The predicted molar refractivity (Wildman–Crippen MR) is 123 cm³/mol. The van der Waals surface area contributed by atoms with Crippen molar-refractivity contribution in [1.82, 2.24) is 19.5 Å². The van der Waals surface area contributed by atoms with Gasteiger partial charge in [-0.05, 0) is 38.5 Å². The molecule has 32 heavy (non-hydrogen) atoms. The average Bonchev–Trinajstić information content (AvgIpc) is 3.24. The monoisotopic (exact) mass is 441 g/mol. The zero-order valence-electron chi connectivity index (χ0n) is 19.3. The molecule has 1 aromatic carbocycles. The number of nitrogens with two attached hydrogens (primary N) is 1. The molecule has 0 saturated heterocycles. The molecule has 3 rings (SSSR count). The third-order valence-corrected chi connectivity index (χ3v) is 6.05. The van der Waals surface area contributed by atoms with Crippen LogP contribution in [0.2, 0.25) is 0 Å². The number of benzene rings is 1. The third kappa shape index (κ3) is 4.37. The van der Waals surface area contributed by atoms with Gasteiger partial charge in [-0.25, -0.2) is 19.3 Å². The van der Waals surface area contributed by atoms with Crippen LogP contribution < -0.4 is 5.73 Å². The molecule has 0 aliphatic carbocycles. The van der Waals surface area contributed by atoms with Crippen LogP contribution in [0.4, 0.5) is 4.39 Å². The van der Waals surface area contributed by atoms with Crippen molar-refractivity contribution in [3.8, 4) is 11.3 Å². The summed E-state index contributed by atoms with van der Waals surface area (Å²) in [6.45, 7) is 6.16. The van der Waals surface area contributed by atoms with Crippen molar-refractivity contribution in [3.05, 3.63) is 42.2 Å². The Morgan fingerprint density at radius 3 is 2.66 bits per heavy atom. The summed E-state index contributed by atoms with van der Waals surface area (Å²) in [5.41, 5.74) is 7.64. The van der Waals surface area contributed by atoms with Crippen LogP contribution in [0.3, 0.4) is 0 Å². The number of hydrogen-bond donors (Lipinski definition) is 1. The highest BCUT2D eigenvalue weighted by Crippen LogP contribution is 2.36. The molecular formula is C24H32FN5O2. The predicted octanol–water partition coefficient (Wildman–Crippen LogP) is 4.55. The van der Waals surface area contributed by atoms with E-state index in [0.717, 1.165) is 25.7 Å². The van der Waals surface area contributed by atoms with Gasteiger partial charge in [-0.1, -0.05) is 32.6 Å². The largest absolute Gasteiger partial charge is 0.468 e. The second kappa shape index (κ2) is 10.2. The summed E-state index contributed by atoms with van der Waals surface area (Å²) in [5.74, 6) is -1.01. The molecule has 172 valence electrons. The van der Waals surface area contributed by atoms with Crippen molar-refractivity contribution in [2.24, 2.45) is 5.73 Å². The Balaban J connectivity index is 2.12. The molecule has 2 aromatic heterocycles. The molecule has 0 aliphatic rings. The van der Waals surface area contributed by atoms with Crippen molar-refractivity contribution in [2.75, 3.05) is 13.7 Å². The first-order chi connectivity index (χ1) is 15.4. The lowest BCUT2D eigenvalue weighted by molar-refractivity contribution is -0.147. The average molecular weight is 442 g/mol. The first-order valence-corrected chi connectivity index (χ1v) is 11.2. The van der Waals surface area contributed by atoms with Gasteiger partial charge in [0.1, 0.15) is 28.8 Å². The molecular weight excluding hydrogens is 409 g/mol. The SMILES string of the molecule is CCCCCCC(CN)(C(=O)OC)c1cc(-c2ncnc3c2ncn3C(C)C)ccc1F. The van der Waals surface area contributed by atoms with Crippen LogP contribution in [-0.2, 0) is 14.9 Å². The second-order valence-electron chi connectivity index (χ2n) is 8.42. The van der Waals surface area contributed by atoms with Gasteiger partial charge in [-0.2, -0.15) is 0 Å². The molecule has 0 radical (unpaired) electrons. The Kier molecular flexibility index (Phi) is 7.56. The minimum Gasteiger partial charge on any atom is -0.468 e. The van der Waals surface area contributed by atoms with Crippen LogP contribution >= 0.6 is 0 Å². The quantitative estimate of drug-likeness (QED) is 0.366. The molecule has 1 unspecified atom stereocenters. The van der Waals surface area contributed by atoms with Crippen molar-refractivity contribution in [2.45, 2.75) is 64.3 Å². The number of nitrogens with zero attached hydrogens (tertiary/aromatic N) is 4. The highest BCUT2D eigenvalue weighted by molar-refractivity contribution is 5.89. The number of unbranched alkanes of at least 4 members (excludes halogenated alkanes) is 3. The Hall–Kier alpha value is -2.87. The minimum atomic E-state index is -1.26. The Labute approximate surface area is 188 Å². The van der Waals surface area contributed by atoms with Gasteiger partial charge in [0.2, 0.25) is 0 Å². The van der Waals surface area contributed by atoms with Crippen molar-refractivity contribution >= 4 is 17.1 Å². The summed E-state index contributed by atoms with van der Waals surface area (Å²) in [5, 5.41) is 0. The fourth-order valence-electron chi connectivity index (χ4n) is 4.17. The van der Waals surface area contributed by atoms with E-state index < -0.39 is 17.2 Å². The number of ether oxygens (including phenoxy) is 1. The summed E-state index contributed by atoms with van der Waals surface area (Å²) in [6.07, 6.45) is 7.41. The van der Waals surface area contributed by atoms with Crippen molar-refractivity contribution in [3.63, 3.8) is 0 Å². The standard InChI is InChI=1S/C24H32FN5O2/c1-5-6-7-8-11-24(13-26,23(31)32-4)18-12-17(9-10-19(18)25)20-21-22(28-14-27-20)30(15-29-21)16(2)3/h9-10,12,14-16H,5-8,11,13,26H2,1-4H3. The molecule has 0 spiro atoms. The van der Waals surface area contributed by atoms with Crippen LogP contribution in [0.1, 0.15) is 64.5 Å². The summed E-state index contributed by atoms with van der Waals surface area (Å²) < 4.78 is 22.2. The van der Waals surface area contributed by atoms with E-state index in [2.05, 4.69) is 21.9 Å². The fraction of sp³-hybridized carbons (Fsp3) is 0.500. The number of imidazole rings is 1. The molecule has 3 aromatic rings. The van der Waals surface area contributed by atoms with Gasteiger partial charge in [-0.15, -0.1) is 0 Å². The maximum atomic E-state index is 15.1. The maximum absolute atomic E-state index is 15.1. The summed E-state index contributed by atoms with van der Waals surface area (Å²) in [4.78, 5) is 26.2. The molecule has 0 saturated carbocycles. The number of rotatable bonds is 10. The number of aromatic nitrogens is 4. The molecule has 8 heteroatoms. The van der Waals surface area contributed by atoms with E-state index >= 15 is 4.39 Å². The van der Waals surface area contributed by atoms with Gasteiger partial charge in [0.05, 0.1) is 13.4 Å². The highest BCUT2D eigenvalue weighted by Gasteiger charge is 2.42. The maximum Gasteiger partial charge on any atom is 0.317 e. The zero-order valence-corrected chi connectivity index (χ0v) is 19.3. The summed E-state index contributed by atoms with van der Waals surface area (Å²) in [7, 11) is 1.31. The lowest BCUT2D eigenvalue weighted by atomic mass is 9.75. The smallest absolute Gasteiger partial charge is 0.317 e. The van der Waals surface area contributed by atoms with Crippen LogP contribution in [0.15, 0.2) is 30.9 Å². The number of hydrogen-bond acceptors (Lipinski definition) is 6. The lowest BCUT2D eigenvalue weighted by Gasteiger charge is -2.31. The first kappa shape index (κ1) is 23.8. The highest BCUT2D eigenvalue weighted by atomic mass is 19.1. The summed E-state index contributed by atoms with van der Waals surface area (Å²) >= 11 is 0. The van der Waals surface area contributed by atoms with Gasteiger partial charge >= 0.3 is 5.97 Å². The van der Waals surface area contributed by atoms with Gasteiger partial charge in [0.25, 0.3) is 0 Å². The molecule has 0 amide bonds. The van der Waals surface area contributed by atoms with Gasteiger partial charge in [-0.3, -0.25) is 4.79 Å². The molecule has 1 atom stereocenters. The molecule has 0 fully saturated rings. The number of fused-ring (bicyclic) bond motifs is 1. The number of halogens is 1. The van der Waals surface area contributed by atoms with Gasteiger partial charge < -0.3 is 15.0 Å². The van der Waals surface area contributed by atoms with E-state index in [1.54, 1.807) is 18.5 Å². The van der Waals surface area contributed by atoms with E-state index in [-0.39, 0.29) is 18.2 Å².